The quantitative estimate of drug-likeness (QED) is 0.659. The van der Waals surface area contributed by atoms with Gasteiger partial charge in [-0.25, -0.2) is 0 Å². The molecule has 2 aromatic carbocycles. The smallest absolute Gasteiger partial charge is 0.0991 e. The number of nitrogens with zero attached hydrogens (tertiary/aromatic N) is 3. The van der Waals surface area contributed by atoms with Crippen molar-refractivity contribution in [2.45, 2.75) is 38.6 Å². The van der Waals surface area contributed by atoms with Crippen molar-refractivity contribution in [1.82, 2.24) is 4.57 Å². The average Bonchev–Trinajstić information content (AvgIpc) is 2.95. The Morgan fingerprint density at radius 3 is 1.88 bits per heavy atom. The molecule has 1 heterocycles. The van der Waals surface area contributed by atoms with Crippen LogP contribution in [0.3, 0.4) is 0 Å². The molecule has 0 radical (unpaired) electrons. The van der Waals surface area contributed by atoms with Crippen LogP contribution in [0, 0.1) is 28.6 Å². The molecule has 24 heavy (non-hydrogen) atoms. The summed E-state index contributed by atoms with van der Waals surface area (Å²) in [5.74, 6) is 0.726. The summed E-state index contributed by atoms with van der Waals surface area (Å²) < 4.78 is 2.39. The number of aromatic nitrogens is 1. The summed E-state index contributed by atoms with van der Waals surface area (Å²) in [6, 6.07) is 16.3. The van der Waals surface area contributed by atoms with Crippen LogP contribution in [-0.4, -0.2) is 4.57 Å². The molecule has 0 saturated heterocycles. The lowest BCUT2D eigenvalue weighted by molar-refractivity contribution is 0.325. The van der Waals surface area contributed by atoms with Crippen LogP contribution >= 0.6 is 0 Å². The molecule has 1 aromatic heterocycles. The van der Waals surface area contributed by atoms with E-state index in [4.69, 9.17) is 0 Å². The van der Waals surface area contributed by atoms with E-state index in [1.165, 1.54) is 43.1 Å². The van der Waals surface area contributed by atoms with Crippen LogP contribution in [-0.2, 0) is 6.54 Å². The van der Waals surface area contributed by atoms with Gasteiger partial charge in [-0.3, -0.25) is 0 Å². The lowest BCUT2D eigenvalue weighted by atomic mass is 9.89. The number of nitriles is 2. The first-order chi connectivity index (χ1) is 11.8. The van der Waals surface area contributed by atoms with E-state index in [0.717, 1.165) is 23.2 Å². The number of rotatable bonds is 2. The first kappa shape index (κ1) is 14.8. The van der Waals surface area contributed by atoms with E-state index in [0.29, 0.717) is 11.1 Å². The van der Waals surface area contributed by atoms with Gasteiger partial charge in [-0.05, 0) is 55.2 Å². The Balaban J connectivity index is 1.93. The van der Waals surface area contributed by atoms with Gasteiger partial charge < -0.3 is 4.57 Å². The first-order valence-corrected chi connectivity index (χ1v) is 8.66. The summed E-state index contributed by atoms with van der Waals surface area (Å²) in [5.41, 5.74) is 3.68. The second-order valence-corrected chi connectivity index (χ2v) is 6.80. The molecule has 118 valence electrons. The highest BCUT2D eigenvalue weighted by atomic mass is 15.0. The minimum absolute atomic E-state index is 0.668. The summed E-state index contributed by atoms with van der Waals surface area (Å²) in [5, 5.41) is 20.6. The van der Waals surface area contributed by atoms with Crippen molar-refractivity contribution >= 4 is 21.8 Å². The van der Waals surface area contributed by atoms with E-state index in [1.807, 2.05) is 24.3 Å². The van der Waals surface area contributed by atoms with E-state index in [1.54, 1.807) is 0 Å². The van der Waals surface area contributed by atoms with Gasteiger partial charge in [-0.1, -0.05) is 19.3 Å². The Morgan fingerprint density at radius 2 is 1.38 bits per heavy atom. The summed E-state index contributed by atoms with van der Waals surface area (Å²) in [6.07, 6.45) is 6.63. The number of hydrogen-bond acceptors (Lipinski definition) is 2. The lowest BCUT2D eigenvalue weighted by Gasteiger charge is -2.23. The van der Waals surface area contributed by atoms with E-state index >= 15 is 0 Å². The second-order valence-electron chi connectivity index (χ2n) is 6.80. The molecule has 0 N–H and O–H groups in total. The minimum Gasteiger partial charge on any atom is -0.340 e. The molecule has 0 amide bonds. The van der Waals surface area contributed by atoms with Crippen LogP contribution in [0.25, 0.3) is 21.8 Å². The van der Waals surface area contributed by atoms with Crippen molar-refractivity contribution in [3.8, 4) is 12.1 Å². The van der Waals surface area contributed by atoms with Crippen molar-refractivity contribution in [3.63, 3.8) is 0 Å². The number of hydrogen-bond donors (Lipinski definition) is 0. The molecule has 0 unspecified atom stereocenters. The zero-order valence-corrected chi connectivity index (χ0v) is 13.6. The first-order valence-electron chi connectivity index (χ1n) is 8.66. The van der Waals surface area contributed by atoms with E-state index in [2.05, 4.69) is 28.8 Å². The van der Waals surface area contributed by atoms with Crippen LogP contribution in [0.4, 0.5) is 0 Å². The van der Waals surface area contributed by atoms with E-state index in [-0.39, 0.29) is 0 Å². The molecular formula is C21H19N3. The Labute approximate surface area is 141 Å². The zero-order chi connectivity index (χ0) is 16.5. The van der Waals surface area contributed by atoms with Gasteiger partial charge in [-0.2, -0.15) is 10.5 Å². The Morgan fingerprint density at radius 1 is 0.833 bits per heavy atom. The van der Waals surface area contributed by atoms with Gasteiger partial charge in [0.05, 0.1) is 23.3 Å². The van der Waals surface area contributed by atoms with Gasteiger partial charge in [0.2, 0.25) is 0 Å². The summed E-state index contributed by atoms with van der Waals surface area (Å²) in [4.78, 5) is 0. The maximum Gasteiger partial charge on any atom is 0.0991 e. The third kappa shape index (κ3) is 2.43. The highest BCUT2D eigenvalue weighted by Gasteiger charge is 2.18. The summed E-state index contributed by atoms with van der Waals surface area (Å²) >= 11 is 0. The fourth-order valence-corrected chi connectivity index (χ4v) is 4.07. The molecule has 0 spiro atoms. The fourth-order valence-electron chi connectivity index (χ4n) is 4.07. The van der Waals surface area contributed by atoms with Crippen molar-refractivity contribution in [2.75, 3.05) is 0 Å². The fraction of sp³-hybridized carbons (Fsp3) is 0.333. The Bertz CT molecular complexity index is 920. The molecule has 1 aliphatic carbocycles. The van der Waals surface area contributed by atoms with Gasteiger partial charge in [0, 0.05) is 28.4 Å². The third-order valence-corrected chi connectivity index (χ3v) is 5.29. The standard InChI is InChI=1S/C21H19N3/c22-12-16-6-8-20-18(10-16)19-11-17(13-23)7-9-21(19)24(20)14-15-4-2-1-3-5-15/h6-11,15H,1-5,14H2. The Kier molecular flexibility index (Phi) is 3.71. The summed E-state index contributed by atoms with van der Waals surface area (Å²) in [6.45, 7) is 1.03. The molecule has 1 fully saturated rings. The molecule has 4 rings (SSSR count). The maximum atomic E-state index is 9.23. The van der Waals surface area contributed by atoms with Crippen molar-refractivity contribution < 1.29 is 0 Å². The Hall–Kier alpha value is -2.78. The molecule has 1 aliphatic rings. The molecule has 0 bridgehead atoms. The average molecular weight is 313 g/mol. The topological polar surface area (TPSA) is 52.5 Å². The van der Waals surface area contributed by atoms with Crippen molar-refractivity contribution in [2.24, 2.45) is 5.92 Å². The third-order valence-electron chi connectivity index (χ3n) is 5.29. The van der Waals surface area contributed by atoms with Crippen LogP contribution in [0.2, 0.25) is 0 Å². The molecule has 3 nitrogen and oxygen atoms in total. The highest BCUT2D eigenvalue weighted by molar-refractivity contribution is 6.08. The van der Waals surface area contributed by atoms with Gasteiger partial charge in [0.25, 0.3) is 0 Å². The molecule has 3 aromatic rings. The maximum absolute atomic E-state index is 9.23. The van der Waals surface area contributed by atoms with Gasteiger partial charge in [-0.15, -0.1) is 0 Å². The summed E-state index contributed by atoms with van der Waals surface area (Å²) in [7, 11) is 0. The minimum atomic E-state index is 0.668. The van der Waals surface area contributed by atoms with Gasteiger partial charge in [0.15, 0.2) is 0 Å². The predicted octanol–water partition coefficient (Wildman–Crippen LogP) is 5.12. The normalized spacial score (nSPS) is 15.4. The van der Waals surface area contributed by atoms with Crippen LogP contribution < -0.4 is 0 Å². The van der Waals surface area contributed by atoms with Crippen LogP contribution in [0.5, 0.6) is 0 Å². The lowest BCUT2D eigenvalue weighted by Crippen LogP contribution is -2.13. The van der Waals surface area contributed by atoms with Crippen molar-refractivity contribution in [1.29, 1.82) is 10.5 Å². The molecule has 0 aliphatic heterocycles. The predicted molar refractivity (Wildman–Crippen MR) is 95.4 cm³/mol. The van der Waals surface area contributed by atoms with E-state index < -0.39 is 0 Å². The van der Waals surface area contributed by atoms with Crippen LogP contribution in [0.1, 0.15) is 43.2 Å². The van der Waals surface area contributed by atoms with E-state index in [9.17, 15) is 10.5 Å². The van der Waals surface area contributed by atoms with Crippen molar-refractivity contribution in [3.05, 3.63) is 47.5 Å². The second kappa shape index (κ2) is 6.02. The molecular weight excluding hydrogens is 294 g/mol. The monoisotopic (exact) mass is 313 g/mol. The number of benzene rings is 2. The van der Waals surface area contributed by atoms with Gasteiger partial charge >= 0.3 is 0 Å². The van der Waals surface area contributed by atoms with Crippen LogP contribution in [0.15, 0.2) is 36.4 Å². The number of fused-ring (bicyclic) bond motifs is 3. The SMILES string of the molecule is N#Cc1ccc2c(c1)c1cc(C#N)ccc1n2CC1CCCCC1. The molecule has 0 atom stereocenters. The highest BCUT2D eigenvalue weighted by Crippen LogP contribution is 2.33. The largest absolute Gasteiger partial charge is 0.340 e. The molecule has 3 heteroatoms. The molecule has 1 saturated carbocycles. The van der Waals surface area contributed by atoms with Gasteiger partial charge in [0.1, 0.15) is 0 Å². The zero-order valence-electron chi connectivity index (χ0n) is 13.6.